The van der Waals surface area contributed by atoms with Gasteiger partial charge in [0, 0.05) is 18.0 Å². The largest absolute Gasteiger partial charge is 0.348 e. The van der Waals surface area contributed by atoms with Crippen LogP contribution in [0.25, 0.3) is 10.8 Å². The van der Waals surface area contributed by atoms with Crippen molar-refractivity contribution in [2.24, 2.45) is 0 Å². The van der Waals surface area contributed by atoms with Crippen LogP contribution in [0.2, 0.25) is 0 Å². The lowest BCUT2D eigenvalue weighted by atomic mass is 10.1. The predicted molar refractivity (Wildman–Crippen MR) is 116 cm³/mol. The molecular weight excluding hydrogens is 402 g/mol. The molecule has 8 heteroatoms. The van der Waals surface area contributed by atoms with Crippen molar-refractivity contribution < 1.29 is 18.0 Å². The first-order chi connectivity index (χ1) is 14.3. The van der Waals surface area contributed by atoms with Crippen LogP contribution in [0.15, 0.2) is 65.6 Å². The van der Waals surface area contributed by atoms with Gasteiger partial charge >= 0.3 is 0 Å². The Kier molecular flexibility index (Phi) is 4.95. The summed E-state index contributed by atoms with van der Waals surface area (Å²) in [4.78, 5) is 24.2. The number of rotatable bonds is 5. The van der Waals surface area contributed by atoms with Crippen LogP contribution in [-0.2, 0) is 19.6 Å². The number of hydrogen-bond donors (Lipinski definition) is 2. The van der Waals surface area contributed by atoms with Crippen molar-refractivity contribution in [1.29, 1.82) is 0 Å². The van der Waals surface area contributed by atoms with Gasteiger partial charge in [0.05, 0.1) is 16.6 Å². The van der Waals surface area contributed by atoms with E-state index in [-0.39, 0.29) is 23.4 Å². The molecule has 0 saturated heterocycles. The monoisotopic (exact) mass is 423 g/mol. The average molecular weight is 423 g/mol. The van der Waals surface area contributed by atoms with E-state index in [1.165, 1.54) is 6.92 Å². The second-order valence-electron chi connectivity index (χ2n) is 7.24. The Bertz CT molecular complexity index is 1270. The Balaban J connectivity index is 1.54. The Morgan fingerprint density at radius 3 is 2.47 bits per heavy atom. The molecule has 1 aliphatic heterocycles. The minimum absolute atomic E-state index is 0.183. The summed E-state index contributed by atoms with van der Waals surface area (Å²) in [6, 6.07) is 17.2. The van der Waals surface area contributed by atoms with Crippen LogP contribution in [0.4, 0.5) is 11.4 Å². The molecule has 0 fully saturated rings. The summed E-state index contributed by atoms with van der Waals surface area (Å²) < 4.78 is 27.2. The normalized spacial score (nSPS) is 15.1. The molecule has 7 nitrogen and oxygen atoms in total. The van der Waals surface area contributed by atoms with Gasteiger partial charge < -0.3 is 10.6 Å². The second kappa shape index (κ2) is 7.46. The van der Waals surface area contributed by atoms with Crippen LogP contribution in [0, 0.1) is 0 Å². The van der Waals surface area contributed by atoms with Crippen LogP contribution in [0.5, 0.6) is 0 Å². The summed E-state index contributed by atoms with van der Waals surface area (Å²) in [5, 5.41) is 7.01. The lowest BCUT2D eigenvalue weighted by molar-refractivity contribution is -0.120. The van der Waals surface area contributed by atoms with Gasteiger partial charge in [-0.05, 0) is 42.1 Å². The summed E-state index contributed by atoms with van der Waals surface area (Å²) >= 11 is 0. The van der Waals surface area contributed by atoms with E-state index >= 15 is 0 Å². The molecule has 4 rings (SSSR count). The Hall–Kier alpha value is -3.39. The van der Waals surface area contributed by atoms with Crippen LogP contribution < -0.4 is 14.9 Å². The zero-order chi connectivity index (χ0) is 21.5. The van der Waals surface area contributed by atoms with E-state index in [2.05, 4.69) is 10.6 Å². The third-order valence-corrected chi connectivity index (χ3v) is 6.86. The Morgan fingerprint density at radius 1 is 1.03 bits per heavy atom. The molecule has 30 heavy (non-hydrogen) atoms. The van der Waals surface area contributed by atoms with E-state index in [1.807, 2.05) is 18.2 Å². The minimum atomic E-state index is -3.79. The number of hydrogen-bond acceptors (Lipinski definition) is 4. The Labute approximate surface area is 174 Å². The molecule has 1 atom stereocenters. The van der Waals surface area contributed by atoms with Gasteiger partial charge in [0.25, 0.3) is 10.0 Å². The number of nitrogens with one attached hydrogen (secondary N) is 2. The molecule has 3 aromatic rings. The average Bonchev–Trinajstić information content (AvgIpc) is 2.91. The summed E-state index contributed by atoms with van der Waals surface area (Å²) in [5.74, 6) is -0.599. The molecule has 1 unspecified atom stereocenters. The smallest absolute Gasteiger partial charge is 0.265 e. The zero-order valence-corrected chi connectivity index (χ0v) is 17.4. The number of sulfonamides is 1. The summed E-state index contributed by atoms with van der Waals surface area (Å²) in [5.41, 5.74) is 1.94. The van der Waals surface area contributed by atoms with Crippen molar-refractivity contribution >= 4 is 44.0 Å². The van der Waals surface area contributed by atoms with E-state index in [9.17, 15) is 18.0 Å². The number of amides is 2. The lowest BCUT2D eigenvalue weighted by Gasteiger charge is -2.21. The standard InChI is InChI=1S/C22H21N3O4S/c1-14(17-8-3-9-18(12-17)24-15(2)26)23-21(27)13-25-19-10-4-6-16-7-5-11-20(22(16)19)30(25,28)29/h3-12,14H,13H2,1-2H3,(H,23,27)(H,24,26). The fourth-order valence-corrected chi connectivity index (χ4v) is 5.39. The third kappa shape index (κ3) is 3.50. The topological polar surface area (TPSA) is 95.6 Å². The molecule has 0 bridgehead atoms. The van der Waals surface area contributed by atoms with Crippen molar-refractivity contribution in [3.63, 3.8) is 0 Å². The maximum absolute atomic E-state index is 13.0. The molecule has 0 aromatic heterocycles. The summed E-state index contributed by atoms with van der Waals surface area (Å²) in [7, 11) is -3.79. The fourth-order valence-electron chi connectivity index (χ4n) is 3.72. The maximum atomic E-state index is 13.0. The van der Waals surface area contributed by atoms with Crippen molar-refractivity contribution in [1.82, 2.24) is 5.32 Å². The van der Waals surface area contributed by atoms with Gasteiger partial charge in [-0.3, -0.25) is 13.9 Å². The SMILES string of the molecule is CC(=O)Nc1cccc(C(C)NC(=O)CN2c3cccc4cccc(c34)S2(=O)=O)c1. The predicted octanol–water partition coefficient (Wildman–Crippen LogP) is 3.18. The molecule has 0 spiro atoms. The molecule has 3 aromatic carbocycles. The van der Waals surface area contributed by atoms with E-state index in [0.717, 1.165) is 15.3 Å². The number of carbonyl (C=O) groups excluding carboxylic acids is 2. The Morgan fingerprint density at radius 2 is 1.73 bits per heavy atom. The van der Waals surface area contributed by atoms with E-state index < -0.39 is 15.9 Å². The highest BCUT2D eigenvalue weighted by Gasteiger charge is 2.36. The number of nitrogens with zero attached hydrogens (tertiary/aromatic N) is 1. The van der Waals surface area contributed by atoms with Gasteiger partial charge in [-0.15, -0.1) is 0 Å². The number of carbonyl (C=O) groups is 2. The highest BCUT2D eigenvalue weighted by atomic mass is 32.2. The molecule has 1 aliphatic rings. The zero-order valence-electron chi connectivity index (χ0n) is 16.5. The van der Waals surface area contributed by atoms with Crippen molar-refractivity contribution in [3.8, 4) is 0 Å². The third-order valence-electron chi connectivity index (χ3n) is 5.05. The van der Waals surface area contributed by atoms with E-state index in [4.69, 9.17) is 0 Å². The highest BCUT2D eigenvalue weighted by Crippen LogP contribution is 2.41. The minimum Gasteiger partial charge on any atom is -0.348 e. The summed E-state index contributed by atoms with van der Waals surface area (Å²) in [6.45, 7) is 2.91. The maximum Gasteiger partial charge on any atom is 0.265 e. The molecule has 154 valence electrons. The van der Waals surface area contributed by atoms with Gasteiger partial charge in [0.2, 0.25) is 11.8 Å². The van der Waals surface area contributed by atoms with Gasteiger partial charge in [0.15, 0.2) is 0 Å². The quantitative estimate of drug-likeness (QED) is 0.659. The molecule has 0 aliphatic carbocycles. The van der Waals surface area contributed by atoms with Gasteiger partial charge in [-0.1, -0.05) is 36.4 Å². The molecule has 2 amide bonds. The van der Waals surface area contributed by atoms with Crippen molar-refractivity contribution in [2.75, 3.05) is 16.2 Å². The van der Waals surface area contributed by atoms with Gasteiger partial charge in [-0.25, -0.2) is 8.42 Å². The number of anilines is 2. The van der Waals surface area contributed by atoms with Crippen LogP contribution in [-0.4, -0.2) is 26.8 Å². The fraction of sp³-hybridized carbons (Fsp3) is 0.182. The first kappa shape index (κ1) is 19.9. The lowest BCUT2D eigenvalue weighted by Crippen LogP contribution is -2.39. The van der Waals surface area contributed by atoms with Crippen molar-refractivity contribution in [2.45, 2.75) is 24.8 Å². The number of benzene rings is 3. The van der Waals surface area contributed by atoms with E-state index in [0.29, 0.717) is 16.8 Å². The van der Waals surface area contributed by atoms with Gasteiger partial charge in [-0.2, -0.15) is 0 Å². The van der Waals surface area contributed by atoms with Gasteiger partial charge in [0.1, 0.15) is 6.54 Å². The van der Waals surface area contributed by atoms with Crippen LogP contribution >= 0.6 is 0 Å². The van der Waals surface area contributed by atoms with Crippen molar-refractivity contribution in [3.05, 3.63) is 66.2 Å². The first-order valence-corrected chi connectivity index (χ1v) is 10.9. The molecule has 0 radical (unpaired) electrons. The van der Waals surface area contributed by atoms with Crippen LogP contribution in [0.3, 0.4) is 0 Å². The second-order valence-corrected chi connectivity index (χ2v) is 9.07. The summed E-state index contributed by atoms with van der Waals surface area (Å²) in [6.07, 6.45) is 0. The molecule has 0 saturated carbocycles. The van der Waals surface area contributed by atoms with Crippen LogP contribution in [0.1, 0.15) is 25.5 Å². The highest BCUT2D eigenvalue weighted by molar-refractivity contribution is 7.93. The molecule has 1 heterocycles. The molecule has 2 N–H and O–H groups in total. The molecular formula is C22H21N3O4S. The van der Waals surface area contributed by atoms with E-state index in [1.54, 1.807) is 49.4 Å². The first-order valence-electron chi connectivity index (χ1n) is 9.49.